The normalized spacial score (nSPS) is 11.0. The van der Waals surface area contributed by atoms with Crippen LogP contribution >= 0.6 is 0 Å². The van der Waals surface area contributed by atoms with Gasteiger partial charge in [0.05, 0.1) is 17.6 Å². The predicted molar refractivity (Wildman–Crippen MR) is 84.2 cm³/mol. The highest BCUT2D eigenvalue weighted by Crippen LogP contribution is 2.17. The topological polar surface area (TPSA) is 53.1 Å². The lowest BCUT2D eigenvalue weighted by Gasteiger charge is -2.06. The van der Waals surface area contributed by atoms with Crippen LogP contribution in [0.3, 0.4) is 0 Å². The van der Waals surface area contributed by atoms with Crippen LogP contribution in [0.15, 0.2) is 48.5 Å². The summed E-state index contributed by atoms with van der Waals surface area (Å²) in [6.07, 6.45) is 0.776. The fraction of sp³-hybridized carbons (Fsp3) is 0.235. The minimum atomic E-state index is 0.541. The number of fused-ring (bicyclic) bond motifs is 1. The van der Waals surface area contributed by atoms with Crippen LogP contribution in [-0.4, -0.2) is 16.2 Å². The molecule has 0 aliphatic rings. The van der Waals surface area contributed by atoms with Crippen molar-refractivity contribution in [2.75, 3.05) is 6.61 Å². The molecule has 2 aromatic carbocycles. The van der Waals surface area contributed by atoms with Crippen molar-refractivity contribution in [1.82, 2.24) is 9.55 Å². The summed E-state index contributed by atoms with van der Waals surface area (Å²) in [7, 11) is 2.04. The van der Waals surface area contributed by atoms with Gasteiger partial charge in [-0.3, -0.25) is 0 Å². The third-order valence-corrected chi connectivity index (χ3v) is 3.61. The molecule has 0 aliphatic heterocycles. The Labute approximate surface area is 124 Å². The maximum Gasteiger partial charge on any atom is 0.119 e. The van der Waals surface area contributed by atoms with Gasteiger partial charge < -0.3 is 15.0 Å². The van der Waals surface area contributed by atoms with Gasteiger partial charge in [0.15, 0.2) is 0 Å². The molecule has 0 radical (unpaired) electrons. The summed E-state index contributed by atoms with van der Waals surface area (Å²) < 4.78 is 7.85. The van der Waals surface area contributed by atoms with Gasteiger partial charge in [0, 0.05) is 20.0 Å². The van der Waals surface area contributed by atoms with Gasteiger partial charge in [-0.15, -0.1) is 0 Å². The van der Waals surface area contributed by atoms with Gasteiger partial charge >= 0.3 is 0 Å². The molecule has 0 saturated carbocycles. The molecule has 3 aromatic rings. The number of aromatic nitrogens is 2. The number of para-hydroxylation sites is 1. The van der Waals surface area contributed by atoms with Crippen LogP contribution < -0.4 is 10.5 Å². The second-order valence-corrected chi connectivity index (χ2v) is 5.03. The van der Waals surface area contributed by atoms with Crippen LogP contribution in [0.5, 0.6) is 5.75 Å². The molecule has 1 aromatic heterocycles. The number of aryl methyl sites for hydroxylation is 1. The zero-order valence-corrected chi connectivity index (χ0v) is 12.1. The quantitative estimate of drug-likeness (QED) is 0.782. The first kappa shape index (κ1) is 13.6. The molecular weight excluding hydrogens is 262 g/mol. The molecule has 0 unspecified atom stereocenters. The summed E-state index contributed by atoms with van der Waals surface area (Å²) >= 11 is 0. The molecule has 1 heterocycles. The van der Waals surface area contributed by atoms with E-state index in [1.807, 2.05) is 43.4 Å². The Kier molecular flexibility index (Phi) is 3.88. The first-order valence-corrected chi connectivity index (χ1v) is 7.10. The van der Waals surface area contributed by atoms with Gasteiger partial charge in [0.2, 0.25) is 0 Å². The van der Waals surface area contributed by atoms with E-state index < -0.39 is 0 Å². The van der Waals surface area contributed by atoms with Crippen molar-refractivity contribution < 1.29 is 4.74 Å². The van der Waals surface area contributed by atoms with Crippen LogP contribution in [0.1, 0.15) is 11.4 Å². The molecule has 0 amide bonds. The molecule has 108 valence electrons. The Balaban J connectivity index is 1.73. The summed E-state index contributed by atoms with van der Waals surface area (Å²) in [6, 6.07) is 16.0. The SMILES string of the molecule is Cn1c(CCOc2ccccc2)nc2cc(CN)ccc21. The lowest BCUT2D eigenvalue weighted by Crippen LogP contribution is -2.06. The fourth-order valence-corrected chi connectivity index (χ4v) is 2.42. The minimum Gasteiger partial charge on any atom is -0.493 e. The molecule has 21 heavy (non-hydrogen) atoms. The van der Waals surface area contributed by atoms with Gasteiger partial charge in [0.25, 0.3) is 0 Å². The number of nitrogens with two attached hydrogens (primary N) is 1. The highest BCUT2D eigenvalue weighted by atomic mass is 16.5. The van der Waals surface area contributed by atoms with E-state index in [-0.39, 0.29) is 0 Å². The van der Waals surface area contributed by atoms with E-state index in [0.29, 0.717) is 13.2 Å². The van der Waals surface area contributed by atoms with Crippen molar-refractivity contribution in [3.05, 3.63) is 59.9 Å². The highest BCUT2D eigenvalue weighted by Gasteiger charge is 2.08. The average molecular weight is 281 g/mol. The van der Waals surface area contributed by atoms with Crippen LogP contribution in [0.2, 0.25) is 0 Å². The smallest absolute Gasteiger partial charge is 0.119 e. The zero-order chi connectivity index (χ0) is 14.7. The summed E-state index contributed by atoms with van der Waals surface area (Å²) in [5.74, 6) is 1.91. The summed E-state index contributed by atoms with van der Waals surface area (Å²) in [6.45, 7) is 1.16. The number of nitrogens with zero attached hydrogens (tertiary/aromatic N) is 2. The van der Waals surface area contributed by atoms with E-state index in [4.69, 9.17) is 10.5 Å². The van der Waals surface area contributed by atoms with Crippen molar-refractivity contribution in [3.63, 3.8) is 0 Å². The number of ether oxygens (including phenoxy) is 1. The third-order valence-electron chi connectivity index (χ3n) is 3.61. The Morgan fingerprint density at radius 1 is 1.14 bits per heavy atom. The number of hydrogen-bond donors (Lipinski definition) is 1. The molecule has 4 heteroatoms. The molecule has 4 nitrogen and oxygen atoms in total. The molecule has 2 N–H and O–H groups in total. The Bertz CT molecular complexity index is 734. The zero-order valence-electron chi connectivity index (χ0n) is 12.1. The van der Waals surface area contributed by atoms with Gasteiger partial charge in [-0.2, -0.15) is 0 Å². The molecule has 0 fully saturated rings. The van der Waals surface area contributed by atoms with E-state index in [9.17, 15) is 0 Å². The maximum atomic E-state index is 5.73. The highest BCUT2D eigenvalue weighted by molar-refractivity contribution is 5.76. The molecule has 0 bridgehead atoms. The Hall–Kier alpha value is -2.33. The van der Waals surface area contributed by atoms with Crippen LogP contribution in [-0.2, 0) is 20.0 Å². The van der Waals surface area contributed by atoms with Crippen molar-refractivity contribution in [1.29, 1.82) is 0 Å². The first-order chi connectivity index (χ1) is 10.3. The molecular formula is C17H19N3O. The van der Waals surface area contributed by atoms with Crippen LogP contribution in [0.4, 0.5) is 0 Å². The molecule has 0 spiro atoms. The average Bonchev–Trinajstić information content (AvgIpc) is 2.84. The summed E-state index contributed by atoms with van der Waals surface area (Å²) in [4.78, 5) is 4.68. The van der Waals surface area contributed by atoms with Gasteiger partial charge in [0.1, 0.15) is 11.6 Å². The lowest BCUT2D eigenvalue weighted by molar-refractivity contribution is 0.318. The van der Waals surface area contributed by atoms with Gasteiger partial charge in [-0.25, -0.2) is 4.98 Å². The van der Waals surface area contributed by atoms with Crippen molar-refractivity contribution in [2.24, 2.45) is 12.8 Å². The Morgan fingerprint density at radius 2 is 1.95 bits per heavy atom. The van der Waals surface area contributed by atoms with E-state index in [1.165, 1.54) is 0 Å². The number of imidazole rings is 1. The predicted octanol–water partition coefficient (Wildman–Crippen LogP) is 2.65. The summed E-state index contributed by atoms with van der Waals surface area (Å²) in [5, 5.41) is 0. The molecule has 3 rings (SSSR count). The molecule has 0 aliphatic carbocycles. The van der Waals surface area contributed by atoms with Crippen LogP contribution in [0.25, 0.3) is 11.0 Å². The Morgan fingerprint density at radius 3 is 2.71 bits per heavy atom. The third kappa shape index (κ3) is 2.90. The van der Waals surface area contributed by atoms with E-state index in [2.05, 4.69) is 21.7 Å². The number of hydrogen-bond acceptors (Lipinski definition) is 3. The largest absolute Gasteiger partial charge is 0.493 e. The minimum absolute atomic E-state index is 0.541. The second-order valence-electron chi connectivity index (χ2n) is 5.03. The summed E-state index contributed by atoms with van der Waals surface area (Å²) in [5.41, 5.74) is 8.90. The molecule has 0 saturated heterocycles. The maximum absolute atomic E-state index is 5.73. The van der Waals surface area contributed by atoms with Gasteiger partial charge in [-0.05, 0) is 29.8 Å². The van der Waals surface area contributed by atoms with Crippen molar-refractivity contribution in [3.8, 4) is 5.75 Å². The lowest BCUT2D eigenvalue weighted by atomic mass is 10.2. The monoisotopic (exact) mass is 281 g/mol. The first-order valence-electron chi connectivity index (χ1n) is 7.10. The second kappa shape index (κ2) is 5.97. The number of benzene rings is 2. The van der Waals surface area contributed by atoms with Crippen molar-refractivity contribution in [2.45, 2.75) is 13.0 Å². The van der Waals surface area contributed by atoms with Crippen molar-refractivity contribution >= 4 is 11.0 Å². The standard InChI is InChI=1S/C17H19N3O/c1-20-16-8-7-13(12-18)11-15(16)19-17(20)9-10-21-14-5-3-2-4-6-14/h2-8,11H,9-10,12,18H2,1H3. The molecule has 0 atom stereocenters. The van der Waals surface area contributed by atoms with E-state index in [1.54, 1.807) is 0 Å². The fourth-order valence-electron chi connectivity index (χ4n) is 2.42. The van der Waals surface area contributed by atoms with E-state index >= 15 is 0 Å². The van der Waals surface area contributed by atoms with E-state index in [0.717, 1.165) is 34.6 Å². The van der Waals surface area contributed by atoms with Crippen LogP contribution in [0, 0.1) is 0 Å². The van der Waals surface area contributed by atoms with Gasteiger partial charge in [-0.1, -0.05) is 24.3 Å². The number of rotatable bonds is 5.